The molecule has 54 valence electrons. The SMILES string of the molecule is CC1CC2CCC1(C#N)C2. The first kappa shape index (κ1) is 6.22. The Kier molecular flexibility index (Phi) is 1.09. The van der Waals surface area contributed by atoms with Gasteiger partial charge < -0.3 is 0 Å². The fourth-order valence-corrected chi connectivity index (χ4v) is 2.77. The van der Waals surface area contributed by atoms with Gasteiger partial charge in [0.15, 0.2) is 0 Å². The number of hydrogen-bond acceptors (Lipinski definition) is 1. The van der Waals surface area contributed by atoms with Crippen molar-refractivity contribution >= 4 is 0 Å². The highest BCUT2D eigenvalue weighted by Crippen LogP contribution is 2.56. The Bertz CT molecular complexity index is 191. The predicted octanol–water partition coefficient (Wildman–Crippen LogP) is 2.34. The maximum Gasteiger partial charge on any atom is 0.0692 e. The van der Waals surface area contributed by atoms with Crippen molar-refractivity contribution in [2.75, 3.05) is 0 Å². The van der Waals surface area contributed by atoms with Gasteiger partial charge in [-0.1, -0.05) is 6.92 Å². The van der Waals surface area contributed by atoms with Crippen LogP contribution in [0, 0.1) is 28.6 Å². The van der Waals surface area contributed by atoms with Crippen molar-refractivity contribution in [3.8, 4) is 6.07 Å². The average Bonchev–Trinajstić information content (AvgIpc) is 2.44. The van der Waals surface area contributed by atoms with Crippen LogP contribution < -0.4 is 0 Å². The van der Waals surface area contributed by atoms with E-state index in [-0.39, 0.29) is 5.41 Å². The molecule has 2 fully saturated rings. The third kappa shape index (κ3) is 0.572. The van der Waals surface area contributed by atoms with Gasteiger partial charge >= 0.3 is 0 Å². The maximum atomic E-state index is 8.96. The molecule has 2 bridgehead atoms. The zero-order valence-corrected chi connectivity index (χ0v) is 6.43. The summed E-state index contributed by atoms with van der Waals surface area (Å²) < 4.78 is 0. The summed E-state index contributed by atoms with van der Waals surface area (Å²) >= 11 is 0. The van der Waals surface area contributed by atoms with Gasteiger partial charge in [-0.25, -0.2) is 0 Å². The molecular weight excluding hydrogens is 122 g/mol. The van der Waals surface area contributed by atoms with E-state index in [9.17, 15) is 0 Å². The largest absolute Gasteiger partial charge is 0.198 e. The molecular formula is C9H13N. The number of fused-ring (bicyclic) bond motifs is 2. The summed E-state index contributed by atoms with van der Waals surface area (Å²) in [5.41, 5.74) is 0.116. The van der Waals surface area contributed by atoms with Gasteiger partial charge in [-0.05, 0) is 37.5 Å². The van der Waals surface area contributed by atoms with Crippen molar-refractivity contribution in [1.82, 2.24) is 0 Å². The molecule has 10 heavy (non-hydrogen) atoms. The van der Waals surface area contributed by atoms with Crippen LogP contribution in [0.25, 0.3) is 0 Å². The molecule has 0 radical (unpaired) electrons. The summed E-state index contributed by atoms with van der Waals surface area (Å²) in [5.74, 6) is 1.57. The van der Waals surface area contributed by atoms with Crippen LogP contribution in [0.4, 0.5) is 0 Å². The molecule has 0 aromatic carbocycles. The van der Waals surface area contributed by atoms with Gasteiger partial charge in [-0.3, -0.25) is 0 Å². The third-order valence-corrected chi connectivity index (χ3v) is 3.50. The molecule has 0 aliphatic heterocycles. The van der Waals surface area contributed by atoms with Gasteiger partial charge in [0.2, 0.25) is 0 Å². The van der Waals surface area contributed by atoms with Gasteiger partial charge in [0.25, 0.3) is 0 Å². The van der Waals surface area contributed by atoms with Gasteiger partial charge in [0, 0.05) is 0 Å². The van der Waals surface area contributed by atoms with Gasteiger partial charge in [-0.2, -0.15) is 5.26 Å². The lowest BCUT2D eigenvalue weighted by atomic mass is 9.77. The van der Waals surface area contributed by atoms with Gasteiger partial charge in [0.05, 0.1) is 11.5 Å². The lowest BCUT2D eigenvalue weighted by molar-refractivity contribution is 0.280. The predicted molar refractivity (Wildman–Crippen MR) is 39.2 cm³/mol. The molecule has 2 aliphatic carbocycles. The highest BCUT2D eigenvalue weighted by molar-refractivity contribution is 5.11. The van der Waals surface area contributed by atoms with Crippen LogP contribution >= 0.6 is 0 Å². The summed E-state index contributed by atoms with van der Waals surface area (Å²) in [5, 5.41) is 8.96. The van der Waals surface area contributed by atoms with Crippen LogP contribution in [0.2, 0.25) is 0 Å². The van der Waals surface area contributed by atoms with Crippen molar-refractivity contribution in [3.63, 3.8) is 0 Å². The maximum absolute atomic E-state index is 8.96. The van der Waals surface area contributed by atoms with Crippen molar-refractivity contribution < 1.29 is 0 Å². The fourth-order valence-electron chi connectivity index (χ4n) is 2.77. The molecule has 0 aromatic heterocycles. The van der Waals surface area contributed by atoms with Crippen LogP contribution in [0.15, 0.2) is 0 Å². The molecule has 0 N–H and O–H groups in total. The molecule has 3 unspecified atom stereocenters. The molecule has 2 aliphatic rings. The topological polar surface area (TPSA) is 23.8 Å². The standard InChI is InChI=1S/C9H13N/c1-7-4-8-2-3-9(7,5-8)6-10/h7-8H,2-5H2,1H3. The highest BCUT2D eigenvalue weighted by atomic mass is 14.5. The monoisotopic (exact) mass is 135 g/mol. The first-order chi connectivity index (χ1) is 4.77. The normalized spacial score (nSPS) is 51.2. The average molecular weight is 135 g/mol. The summed E-state index contributed by atoms with van der Waals surface area (Å²) in [7, 11) is 0. The summed E-state index contributed by atoms with van der Waals surface area (Å²) in [6.45, 7) is 2.24. The Morgan fingerprint density at radius 1 is 1.60 bits per heavy atom. The Morgan fingerprint density at radius 2 is 2.40 bits per heavy atom. The molecule has 1 nitrogen and oxygen atoms in total. The van der Waals surface area contributed by atoms with E-state index in [4.69, 9.17) is 5.26 Å². The van der Waals surface area contributed by atoms with Crippen LogP contribution in [0.3, 0.4) is 0 Å². The van der Waals surface area contributed by atoms with Crippen molar-refractivity contribution in [3.05, 3.63) is 0 Å². The molecule has 0 heterocycles. The molecule has 0 aromatic rings. The van der Waals surface area contributed by atoms with Crippen LogP contribution in [-0.2, 0) is 0 Å². The van der Waals surface area contributed by atoms with E-state index >= 15 is 0 Å². The second-order valence-corrected chi connectivity index (χ2v) is 4.01. The Morgan fingerprint density at radius 3 is 2.70 bits per heavy atom. The second kappa shape index (κ2) is 1.75. The van der Waals surface area contributed by atoms with E-state index in [2.05, 4.69) is 13.0 Å². The first-order valence-corrected chi connectivity index (χ1v) is 4.18. The lowest BCUT2D eigenvalue weighted by Gasteiger charge is -2.24. The van der Waals surface area contributed by atoms with Crippen LogP contribution in [0.5, 0.6) is 0 Å². The number of hydrogen-bond donors (Lipinski definition) is 0. The van der Waals surface area contributed by atoms with E-state index in [1.165, 1.54) is 25.7 Å². The zero-order chi connectivity index (χ0) is 7.19. The van der Waals surface area contributed by atoms with E-state index in [0.29, 0.717) is 5.92 Å². The molecule has 2 rings (SSSR count). The van der Waals surface area contributed by atoms with Crippen molar-refractivity contribution in [1.29, 1.82) is 5.26 Å². The highest BCUT2D eigenvalue weighted by Gasteiger charge is 2.50. The Hall–Kier alpha value is -0.510. The molecule has 0 amide bonds. The fraction of sp³-hybridized carbons (Fsp3) is 0.889. The molecule has 0 saturated heterocycles. The molecule has 0 spiro atoms. The summed E-state index contributed by atoms with van der Waals surface area (Å²) in [4.78, 5) is 0. The van der Waals surface area contributed by atoms with Crippen LogP contribution in [-0.4, -0.2) is 0 Å². The van der Waals surface area contributed by atoms with Crippen molar-refractivity contribution in [2.45, 2.75) is 32.6 Å². The quantitative estimate of drug-likeness (QED) is 0.500. The van der Waals surface area contributed by atoms with E-state index < -0.39 is 0 Å². The van der Waals surface area contributed by atoms with E-state index in [1.54, 1.807) is 0 Å². The summed E-state index contributed by atoms with van der Waals surface area (Å²) in [6.07, 6.45) is 5.01. The van der Waals surface area contributed by atoms with E-state index in [0.717, 1.165) is 5.92 Å². The molecule has 2 saturated carbocycles. The minimum Gasteiger partial charge on any atom is -0.198 e. The van der Waals surface area contributed by atoms with Gasteiger partial charge in [0.1, 0.15) is 0 Å². The third-order valence-electron chi connectivity index (χ3n) is 3.50. The minimum absolute atomic E-state index is 0.116. The minimum atomic E-state index is 0.116. The second-order valence-electron chi connectivity index (χ2n) is 4.01. The molecule has 3 atom stereocenters. The Balaban J connectivity index is 2.29. The summed E-state index contributed by atoms with van der Waals surface area (Å²) in [6, 6.07) is 2.52. The van der Waals surface area contributed by atoms with Crippen LogP contribution in [0.1, 0.15) is 32.6 Å². The number of nitriles is 1. The number of rotatable bonds is 0. The van der Waals surface area contributed by atoms with Crippen molar-refractivity contribution in [2.24, 2.45) is 17.3 Å². The smallest absolute Gasteiger partial charge is 0.0692 e. The zero-order valence-electron chi connectivity index (χ0n) is 6.43. The van der Waals surface area contributed by atoms with Gasteiger partial charge in [-0.15, -0.1) is 0 Å². The lowest BCUT2D eigenvalue weighted by Crippen LogP contribution is -2.20. The number of nitrogens with zero attached hydrogens (tertiary/aromatic N) is 1. The first-order valence-electron chi connectivity index (χ1n) is 4.18. The van der Waals surface area contributed by atoms with E-state index in [1.807, 2.05) is 0 Å². The molecule has 1 heteroatoms. The Labute approximate surface area is 62.0 Å².